The molecule has 0 saturated heterocycles. The molecule has 0 aliphatic carbocycles. The highest BCUT2D eigenvalue weighted by Gasteiger charge is 2.23. The minimum atomic E-state index is 1.17. The van der Waals surface area contributed by atoms with Crippen molar-refractivity contribution in [2.24, 2.45) is 0 Å². The van der Waals surface area contributed by atoms with Crippen LogP contribution in [0.3, 0.4) is 0 Å². The van der Waals surface area contributed by atoms with Gasteiger partial charge < -0.3 is 9.13 Å². The minimum absolute atomic E-state index is 1.17. The Hall–Kier alpha value is -6.38. The quantitative estimate of drug-likeness (QED) is 0.177. The van der Waals surface area contributed by atoms with Gasteiger partial charge in [0.25, 0.3) is 0 Å². The van der Waals surface area contributed by atoms with E-state index in [1.165, 1.54) is 98.4 Å². The summed E-state index contributed by atoms with van der Waals surface area (Å²) in [5.74, 6) is 0. The van der Waals surface area contributed by atoms with Crippen molar-refractivity contribution >= 4 is 75.9 Å². The Morgan fingerprint density at radius 2 is 0.667 bits per heavy atom. The summed E-state index contributed by atoms with van der Waals surface area (Å²) in [6.07, 6.45) is 0. The van der Waals surface area contributed by atoms with Crippen molar-refractivity contribution in [2.75, 3.05) is 0 Å². The van der Waals surface area contributed by atoms with E-state index in [1.807, 2.05) is 0 Å². The van der Waals surface area contributed by atoms with Crippen molar-refractivity contribution < 1.29 is 0 Å². The molecule has 0 spiro atoms. The topological polar surface area (TPSA) is 9.86 Å². The number of nitrogens with zero attached hydrogens (tertiary/aromatic N) is 2. The van der Waals surface area contributed by atoms with E-state index in [4.69, 9.17) is 0 Å². The summed E-state index contributed by atoms with van der Waals surface area (Å²) in [5.41, 5.74) is 9.61. The second-order valence-corrected chi connectivity index (χ2v) is 12.9. The number of fused-ring (bicyclic) bond motifs is 6. The van der Waals surface area contributed by atoms with Gasteiger partial charge >= 0.3 is 0 Å². The fourth-order valence-electron chi connectivity index (χ4n) is 8.49. The van der Waals surface area contributed by atoms with Crippen LogP contribution in [0, 0.1) is 0 Å². The normalized spacial score (nSPS) is 12.2. The van der Waals surface area contributed by atoms with Crippen molar-refractivity contribution in [3.05, 3.63) is 170 Å². The second kappa shape index (κ2) is 9.57. The van der Waals surface area contributed by atoms with Crippen LogP contribution < -0.4 is 0 Å². The van der Waals surface area contributed by atoms with Crippen molar-refractivity contribution in [3.63, 3.8) is 0 Å². The van der Waals surface area contributed by atoms with E-state index >= 15 is 0 Å². The molecule has 48 heavy (non-hydrogen) atoms. The van der Waals surface area contributed by atoms with Crippen LogP contribution in [0.25, 0.3) is 98.4 Å². The van der Waals surface area contributed by atoms with Crippen LogP contribution in [-0.4, -0.2) is 9.13 Å². The van der Waals surface area contributed by atoms with Gasteiger partial charge in [-0.15, -0.1) is 0 Å². The highest BCUT2D eigenvalue weighted by molar-refractivity contribution is 6.26. The Morgan fingerprint density at radius 3 is 1.17 bits per heavy atom. The Morgan fingerprint density at radius 1 is 0.271 bits per heavy atom. The van der Waals surface area contributed by atoms with Crippen LogP contribution in [0.4, 0.5) is 0 Å². The highest BCUT2D eigenvalue weighted by Crippen LogP contribution is 2.46. The molecule has 0 aliphatic heterocycles. The molecular weight excluding hydrogens is 581 g/mol. The number of benzene rings is 9. The van der Waals surface area contributed by atoms with Gasteiger partial charge in [0.1, 0.15) is 0 Å². The molecule has 9 aromatic carbocycles. The first-order valence-electron chi connectivity index (χ1n) is 16.6. The lowest BCUT2D eigenvalue weighted by molar-refractivity contribution is 1.14. The van der Waals surface area contributed by atoms with E-state index in [2.05, 4.69) is 179 Å². The summed E-state index contributed by atoms with van der Waals surface area (Å²) in [7, 11) is 0. The predicted octanol–water partition coefficient (Wildman–Crippen LogP) is 12.4. The molecule has 0 N–H and O–H groups in total. The number of rotatable bonds is 3. The first-order chi connectivity index (χ1) is 23.8. The number of aromatic nitrogens is 2. The standard InChI is InChI=1S/C46H28N2/c1-5-17-38-32(13-1)33-14-2-6-18-39(33)47(38)42-21-10-22-43(48-40-19-7-3-15-34(40)35-16-4-8-20-41(35)48)46(42)37-28-26-31-24-23-29-11-9-12-30-25-27-36(37)45(31)44(29)30/h1-28H. The Balaban J connectivity index is 1.36. The van der Waals surface area contributed by atoms with Crippen LogP contribution in [0.2, 0.25) is 0 Å². The summed E-state index contributed by atoms with van der Waals surface area (Å²) in [6.45, 7) is 0. The van der Waals surface area contributed by atoms with Crippen LogP contribution in [0.5, 0.6) is 0 Å². The minimum Gasteiger partial charge on any atom is -0.309 e. The third kappa shape index (κ3) is 3.36. The molecule has 0 unspecified atom stereocenters. The van der Waals surface area contributed by atoms with Gasteiger partial charge in [0.05, 0.1) is 33.4 Å². The number of hydrogen-bond donors (Lipinski definition) is 0. The van der Waals surface area contributed by atoms with E-state index in [0.29, 0.717) is 0 Å². The van der Waals surface area contributed by atoms with Gasteiger partial charge in [0.2, 0.25) is 0 Å². The monoisotopic (exact) mass is 608 g/mol. The van der Waals surface area contributed by atoms with Crippen LogP contribution >= 0.6 is 0 Å². The molecule has 0 radical (unpaired) electrons. The Bertz CT molecular complexity index is 2810. The SMILES string of the molecule is c1cc(-n2c3ccccc3c3ccccc32)c(-c2ccc3ccc4cccc5ccc2c3c45)c(-n2c3ccccc3c3ccccc32)c1. The second-order valence-electron chi connectivity index (χ2n) is 12.9. The predicted molar refractivity (Wildman–Crippen MR) is 204 cm³/mol. The van der Waals surface area contributed by atoms with Crippen molar-refractivity contribution in [1.29, 1.82) is 0 Å². The van der Waals surface area contributed by atoms with Crippen molar-refractivity contribution in [1.82, 2.24) is 9.13 Å². The summed E-state index contributed by atoms with van der Waals surface area (Å²) in [5, 5.41) is 12.8. The summed E-state index contributed by atoms with van der Waals surface area (Å²) in [4.78, 5) is 0. The fraction of sp³-hybridized carbons (Fsp3) is 0. The van der Waals surface area contributed by atoms with Crippen LogP contribution in [-0.2, 0) is 0 Å². The zero-order valence-electron chi connectivity index (χ0n) is 26.1. The van der Waals surface area contributed by atoms with Gasteiger partial charge in [0, 0.05) is 27.1 Å². The van der Waals surface area contributed by atoms with Crippen molar-refractivity contribution in [2.45, 2.75) is 0 Å². The lowest BCUT2D eigenvalue weighted by Gasteiger charge is -2.22. The summed E-state index contributed by atoms with van der Waals surface area (Å²) >= 11 is 0. The average molecular weight is 609 g/mol. The molecule has 2 aromatic heterocycles. The molecule has 0 saturated carbocycles. The van der Waals surface area contributed by atoms with Gasteiger partial charge in [0.15, 0.2) is 0 Å². The van der Waals surface area contributed by atoms with E-state index in [9.17, 15) is 0 Å². The Kier molecular flexibility index (Phi) is 5.14. The molecule has 0 amide bonds. The average Bonchev–Trinajstić information content (AvgIpc) is 3.67. The Labute approximate surface area is 276 Å². The molecule has 11 rings (SSSR count). The smallest absolute Gasteiger partial charge is 0.0561 e. The molecule has 0 fully saturated rings. The van der Waals surface area contributed by atoms with E-state index in [0.717, 1.165) is 0 Å². The summed E-state index contributed by atoms with van der Waals surface area (Å²) in [6, 6.07) is 62.6. The maximum absolute atomic E-state index is 2.48. The molecule has 2 heteroatoms. The van der Waals surface area contributed by atoms with E-state index in [-0.39, 0.29) is 0 Å². The van der Waals surface area contributed by atoms with E-state index in [1.54, 1.807) is 0 Å². The number of para-hydroxylation sites is 4. The van der Waals surface area contributed by atoms with Crippen molar-refractivity contribution in [3.8, 4) is 22.5 Å². The third-order valence-corrected chi connectivity index (χ3v) is 10.5. The van der Waals surface area contributed by atoms with E-state index < -0.39 is 0 Å². The van der Waals surface area contributed by atoms with Gasteiger partial charge in [-0.25, -0.2) is 0 Å². The molecule has 0 bridgehead atoms. The molecule has 0 atom stereocenters. The lowest BCUT2D eigenvalue weighted by atomic mass is 9.88. The summed E-state index contributed by atoms with van der Waals surface area (Å²) < 4.78 is 4.96. The molecule has 11 aromatic rings. The zero-order valence-corrected chi connectivity index (χ0v) is 26.1. The molecule has 2 heterocycles. The highest BCUT2D eigenvalue weighted by atomic mass is 15.0. The molecule has 0 aliphatic rings. The third-order valence-electron chi connectivity index (χ3n) is 10.5. The van der Waals surface area contributed by atoms with Gasteiger partial charge in [-0.05, 0) is 74.3 Å². The van der Waals surface area contributed by atoms with Crippen LogP contribution in [0.1, 0.15) is 0 Å². The molecular formula is C46H28N2. The zero-order chi connectivity index (χ0) is 31.3. The lowest BCUT2D eigenvalue weighted by Crippen LogP contribution is -2.04. The molecule has 2 nitrogen and oxygen atoms in total. The van der Waals surface area contributed by atoms with Crippen LogP contribution in [0.15, 0.2) is 170 Å². The first-order valence-corrected chi connectivity index (χ1v) is 16.6. The maximum Gasteiger partial charge on any atom is 0.0561 e. The first kappa shape index (κ1) is 25.8. The van der Waals surface area contributed by atoms with Gasteiger partial charge in [-0.1, -0.05) is 133 Å². The maximum atomic E-state index is 2.48. The fourth-order valence-corrected chi connectivity index (χ4v) is 8.49. The largest absolute Gasteiger partial charge is 0.309 e. The molecule has 222 valence electrons. The van der Waals surface area contributed by atoms with Gasteiger partial charge in [-0.2, -0.15) is 0 Å². The number of hydrogen-bond acceptors (Lipinski definition) is 0. The van der Waals surface area contributed by atoms with Gasteiger partial charge in [-0.3, -0.25) is 0 Å².